The number of ether oxygens (including phenoxy) is 2. The molecule has 5 rings (SSSR count). The third kappa shape index (κ3) is 5.96. The molecule has 0 bridgehead atoms. The van der Waals surface area contributed by atoms with Gasteiger partial charge < -0.3 is 19.9 Å². The number of carboxylic acids is 1. The molecule has 2 heterocycles. The smallest absolute Gasteiger partial charge is 0.416 e. The molecule has 0 radical (unpaired) electrons. The minimum absolute atomic E-state index is 0.133. The van der Waals surface area contributed by atoms with Gasteiger partial charge in [-0.05, 0) is 61.0 Å². The highest BCUT2D eigenvalue weighted by molar-refractivity contribution is 6.03. The zero-order valence-corrected chi connectivity index (χ0v) is 21.1. The van der Waals surface area contributed by atoms with Crippen molar-refractivity contribution < 1.29 is 37.3 Å². The Bertz CT molecular complexity index is 1680. The molecule has 4 aromatic rings. The van der Waals surface area contributed by atoms with Gasteiger partial charge in [0.15, 0.2) is 0 Å². The summed E-state index contributed by atoms with van der Waals surface area (Å²) in [6.07, 6.45) is -4.20. The summed E-state index contributed by atoms with van der Waals surface area (Å²) in [7, 11) is 0. The van der Waals surface area contributed by atoms with E-state index in [0.29, 0.717) is 23.5 Å². The average molecular weight is 560 g/mol. The van der Waals surface area contributed by atoms with Crippen LogP contribution in [0.1, 0.15) is 39.4 Å². The topological polar surface area (TPSA) is 122 Å². The number of pyridine rings is 1. The first-order chi connectivity index (χ1) is 19.6. The molecule has 41 heavy (non-hydrogen) atoms. The Labute approximate surface area is 231 Å². The summed E-state index contributed by atoms with van der Waals surface area (Å²) in [6, 6.07) is 20.3. The minimum Gasteiger partial charge on any atom is -0.493 e. The molecule has 8 nitrogen and oxygen atoms in total. The maximum absolute atomic E-state index is 13.1. The number of benzene rings is 3. The number of fused-ring (bicyclic) bond motifs is 1. The quantitative estimate of drug-likeness (QED) is 0.272. The number of anilines is 1. The fraction of sp³-hybridized carbons (Fsp3) is 0.133. The number of carbonyl (C=O) groups is 2. The van der Waals surface area contributed by atoms with Crippen molar-refractivity contribution in [2.75, 3.05) is 11.9 Å². The number of aromatic nitrogens is 1. The molecule has 2 N–H and O–H groups in total. The highest BCUT2D eigenvalue weighted by atomic mass is 19.4. The Balaban J connectivity index is 1.30. The third-order valence-corrected chi connectivity index (χ3v) is 6.39. The summed E-state index contributed by atoms with van der Waals surface area (Å²) in [5.74, 6) is -1.33. The highest BCUT2D eigenvalue weighted by Gasteiger charge is 2.31. The van der Waals surface area contributed by atoms with Crippen LogP contribution in [0.15, 0.2) is 78.9 Å². The number of nitrogens with zero attached hydrogens (tertiary/aromatic N) is 2. The Kier molecular flexibility index (Phi) is 7.31. The van der Waals surface area contributed by atoms with E-state index in [9.17, 15) is 33.1 Å². The number of rotatable bonds is 6. The number of hydrogen-bond donors (Lipinski definition) is 2. The van der Waals surface area contributed by atoms with Crippen LogP contribution in [0.25, 0.3) is 11.3 Å². The molecule has 3 aromatic carbocycles. The zero-order valence-electron chi connectivity index (χ0n) is 21.1. The van der Waals surface area contributed by atoms with Crippen LogP contribution >= 0.6 is 0 Å². The molecule has 206 valence electrons. The summed E-state index contributed by atoms with van der Waals surface area (Å²) in [4.78, 5) is 28.7. The van der Waals surface area contributed by atoms with Gasteiger partial charge in [-0.1, -0.05) is 18.2 Å². The summed E-state index contributed by atoms with van der Waals surface area (Å²) in [6.45, 7) is 0.219. The van der Waals surface area contributed by atoms with Gasteiger partial charge in [-0.2, -0.15) is 18.4 Å². The highest BCUT2D eigenvalue weighted by Crippen LogP contribution is 2.40. The van der Waals surface area contributed by atoms with Gasteiger partial charge in [-0.15, -0.1) is 0 Å². The number of carbonyl (C=O) groups excluding carboxylic acids is 1. The number of hydrogen-bond acceptors (Lipinski definition) is 6. The van der Waals surface area contributed by atoms with Gasteiger partial charge in [0.2, 0.25) is 0 Å². The summed E-state index contributed by atoms with van der Waals surface area (Å²) in [5.41, 5.74) is 0.499. The standard InChI is InChI=1S/C30H20F3N3O5/c31-30(32,33)20-4-1-3-18(13-20)24-5-2-6-27(35-24)36-28(37)17-7-9-21(10-8-17)41-25-15-26-23(14-19(25)16-34)22(29(38)39)11-12-40-26/h1-10,13-15,22H,11-12H2,(H,38,39)(H,35,36,37). The molecule has 0 saturated heterocycles. The van der Waals surface area contributed by atoms with Crippen molar-refractivity contribution in [2.45, 2.75) is 18.5 Å². The lowest BCUT2D eigenvalue weighted by atomic mass is 9.91. The number of alkyl halides is 3. The molecule has 0 spiro atoms. The summed E-state index contributed by atoms with van der Waals surface area (Å²) < 4.78 is 50.7. The molecule has 1 amide bonds. The lowest BCUT2D eigenvalue weighted by Crippen LogP contribution is -2.21. The van der Waals surface area contributed by atoms with Crippen LogP contribution in [0.2, 0.25) is 0 Å². The van der Waals surface area contributed by atoms with E-state index in [4.69, 9.17) is 9.47 Å². The molecule has 1 atom stereocenters. The largest absolute Gasteiger partial charge is 0.493 e. The van der Waals surface area contributed by atoms with Gasteiger partial charge in [-0.25, -0.2) is 4.98 Å². The number of carboxylic acid groups (broad SMARTS) is 1. The van der Waals surface area contributed by atoms with Crippen LogP contribution in [0.4, 0.5) is 19.0 Å². The van der Waals surface area contributed by atoms with Crippen LogP contribution in [0, 0.1) is 11.3 Å². The zero-order chi connectivity index (χ0) is 29.1. The lowest BCUT2D eigenvalue weighted by Gasteiger charge is -2.24. The second-order valence-electron chi connectivity index (χ2n) is 9.09. The van der Waals surface area contributed by atoms with Crippen molar-refractivity contribution in [3.63, 3.8) is 0 Å². The Hall–Kier alpha value is -5.37. The van der Waals surface area contributed by atoms with Crippen molar-refractivity contribution in [2.24, 2.45) is 0 Å². The van der Waals surface area contributed by atoms with E-state index in [1.54, 1.807) is 12.1 Å². The Morgan fingerprint density at radius 3 is 2.51 bits per heavy atom. The SMILES string of the molecule is N#Cc1cc2c(cc1Oc1ccc(C(=O)Nc3cccc(-c4cccc(C(F)(F)F)c4)n3)cc1)OCCC2C(=O)O. The number of aliphatic carboxylic acids is 1. The molecule has 0 saturated carbocycles. The Morgan fingerprint density at radius 1 is 1.05 bits per heavy atom. The van der Waals surface area contributed by atoms with E-state index in [1.165, 1.54) is 54.6 Å². The second kappa shape index (κ2) is 11.0. The van der Waals surface area contributed by atoms with Crippen LogP contribution < -0.4 is 14.8 Å². The normalized spacial score (nSPS) is 14.2. The molecule has 1 unspecified atom stereocenters. The first-order valence-corrected chi connectivity index (χ1v) is 12.3. The second-order valence-corrected chi connectivity index (χ2v) is 9.09. The monoisotopic (exact) mass is 559 g/mol. The van der Waals surface area contributed by atoms with E-state index in [1.807, 2.05) is 6.07 Å². The van der Waals surface area contributed by atoms with Gasteiger partial charge in [0.1, 0.15) is 29.1 Å². The summed E-state index contributed by atoms with van der Waals surface area (Å²) >= 11 is 0. The van der Waals surface area contributed by atoms with Crippen molar-refractivity contribution in [3.05, 3.63) is 101 Å². The predicted molar refractivity (Wildman–Crippen MR) is 141 cm³/mol. The lowest BCUT2D eigenvalue weighted by molar-refractivity contribution is -0.139. The maximum atomic E-state index is 13.1. The average Bonchev–Trinajstić information content (AvgIpc) is 2.96. The van der Waals surface area contributed by atoms with Gasteiger partial charge >= 0.3 is 12.1 Å². The van der Waals surface area contributed by atoms with E-state index < -0.39 is 29.5 Å². The predicted octanol–water partition coefficient (Wildman–Crippen LogP) is 6.63. The van der Waals surface area contributed by atoms with Gasteiger partial charge in [0, 0.05) is 22.8 Å². The van der Waals surface area contributed by atoms with Crippen molar-refractivity contribution >= 4 is 17.7 Å². The molecule has 0 fully saturated rings. The first-order valence-electron chi connectivity index (χ1n) is 12.3. The van der Waals surface area contributed by atoms with Gasteiger partial charge in [0.25, 0.3) is 5.91 Å². The van der Waals surface area contributed by atoms with Gasteiger partial charge in [-0.3, -0.25) is 9.59 Å². The molecule has 1 aliphatic heterocycles. The molecule has 11 heteroatoms. The van der Waals surface area contributed by atoms with Crippen LogP contribution in [0.3, 0.4) is 0 Å². The van der Waals surface area contributed by atoms with Gasteiger partial charge in [0.05, 0.1) is 29.3 Å². The third-order valence-electron chi connectivity index (χ3n) is 6.39. The molecular formula is C30H20F3N3O5. The number of nitrogens with one attached hydrogen (secondary N) is 1. The van der Waals surface area contributed by atoms with Crippen LogP contribution in [-0.2, 0) is 11.0 Å². The number of amides is 1. The van der Waals surface area contributed by atoms with Crippen LogP contribution in [0.5, 0.6) is 17.2 Å². The van der Waals surface area contributed by atoms with Crippen LogP contribution in [-0.4, -0.2) is 28.6 Å². The first kappa shape index (κ1) is 27.2. The fourth-order valence-corrected chi connectivity index (χ4v) is 4.36. The minimum atomic E-state index is -4.50. The maximum Gasteiger partial charge on any atom is 0.416 e. The fourth-order valence-electron chi connectivity index (χ4n) is 4.36. The number of nitriles is 1. The van der Waals surface area contributed by atoms with Crippen molar-refractivity contribution in [1.29, 1.82) is 5.26 Å². The molecular weight excluding hydrogens is 539 g/mol. The van der Waals surface area contributed by atoms with Crippen molar-refractivity contribution in [1.82, 2.24) is 4.98 Å². The van der Waals surface area contributed by atoms with Crippen molar-refractivity contribution in [3.8, 4) is 34.6 Å². The number of halogens is 3. The van der Waals surface area contributed by atoms with E-state index in [-0.39, 0.29) is 40.6 Å². The molecule has 1 aromatic heterocycles. The summed E-state index contributed by atoms with van der Waals surface area (Å²) in [5, 5.41) is 21.7. The Morgan fingerprint density at radius 2 is 1.80 bits per heavy atom. The molecule has 1 aliphatic rings. The van der Waals surface area contributed by atoms with E-state index in [2.05, 4.69) is 10.3 Å². The van der Waals surface area contributed by atoms with E-state index >= 15 is 0 Å². The van der Waals surface area contributed by atoms with E-state index in [0.717, 1.165) is 12.1 Å². The molecule has 0 aliphatic carbocycles.